The van der Waals surface area contributed by atoms with E-state index in [0.29, 0.717) is 0 Å². The summed E-state index contributed by atoms with van der Waals surface area (Å²) < 4.78 is -0.160. The first-order chi connectivity index (χ1) is 5.63. The molecule has 0 fully saturated rings. The molecule has 1 aliphatic carbocycles. The molecule has 0 saturated heterocycles. The molecule has 2 unspecified atom stereocenters. The molecule has 3 nitrogen and oxygen atoms in total. The van der Waals surface area contributed by atoms with Gasteiger partial charge in [0.15, 0.2) is 0 Å². The molecule has 0 aromatic heterocycles. The van der Waals surface area contributed by atoms with Gasteiger partial charge < -0.3 is 0 Å². The van der Waals surface area contributed by atoms with Crippen LogP contribution in [0.4, 0.5) is 0 Å². The molecule has 0 bridgehead atoms. The second kappa shape index (κ2) is 3.38. The monoisotopic (exact) mass is 277 g/mol. The van der Waals surface area contributed by atoms with Gasteiger partial charge in [0.25, 0.3) is 5.54 Å². The van der Waals surface area contributed by atoms with E-state index in [-0.39, 0.29) is 8.85 Å². The second-order valence-electron chi connectivity index (χ2n) is 2.49. The third kappa shape index (κ3) is 1.31. The largest absolute Gasteiger partial charge is 0.273 e. The van der Waals surface area contributed by atoms with E-state index in [1.165, 1.54) is 6.08 Å². The van der Waals surface area contributed by atoms with Crippen molar-refractivity contribution in [1.29, 1.82) is 0 Å². The lowest BCUT2D eigenvalue weighted by atomic mass is 9.92. The molecule has 0 saturated carbocycles. The molecule has 0 aliphatic heterocycles. The predicted octanol–water partition coefficient (Wildman–Crippen LogP) is 2.12. The fourth-order valence-corrected chi connectivity index (χ4v) is 1.96. The van der Waals surface area contributed by atoms with Crippen LogP contribution in [-0.4, -0.2) is 14.4 Å². The molecule has 2 atom stereocenters. The maximum atomic E-state index is 10.8. The average molecular weight is 277 g/mol. The van der Waals surface area contributed by atoms with Crippen LogP contribution in [0.5, 0.6) is 0 Å². The van der Waals surface area contributed by atoms with Crippen LogP contribution in [0.25, 0.3) is 0 Å². The number of halogens is 1. The lowest BCUT2D eigenvalue weighted by Crippen LogP contribution is -2.42. The van der Waals surface area contributed by atoms with E-state index in [1.807, 2.05) is 28.7 Å². The maximum Gasteiger partial charge on any atom is 0.273 e. The van der Waals surface area contributed by atoms with Gasteiger partial charge in [0.1, 0.15) is 3.92 Å². The van der Waals surface area contributed by atoms with Crippen molar-refractivity contribution in [2.45, 2.75) is 9.46 Å². The minimum absolute atomic E-state index is 0.160. The van der Waals surface area contributed by atoms with E-state index in [1.54, 1.807) is 18.2 Å². The Morgan fingerprint density at radius 2 is 2.33 bits per heavy atom. The van der Waals surface area contributed by atoms with Gasteiger partial charge in [0.05, 0.1) is 0 Å². The van der Waals surface area contributed by atoms with Crippen molar-refractivity contribution in [3.63, 3.8) is 0 Å². The Labute approximate surface area is 84.1 Å². The normalized spacial score (nSPS) is 33.2. The number of allylic oxidation sites excluding steroid dienone is 2. The fourth-order valence-electron chi connectivity index (χ4n) is 1.03. The van der Waals surface area contributed by atoms with Crippen LogP contribution >= 0.6 is 22.6 Å². The van der Waals surface area contributed by atoms with Gasteiger partial charge in [-0.05, 0) is 12.2 Å². The van der Waals surface area contributed by atoms with Gasteiger partial charge in [-0.2, -0.15) is 0 Å². The molecular formula is C8H8INO2. The van der Waals surface area contributed by atoms with Gasteiger partial charge in [-0.1, -0.05) is 47.4 Å². The minimum atomic E-state index is -1.12. The summed E-state index contributed by atoms with van der Waals surface area (Å²) in [4.78, 5) is 10.5. The van der Waals surface area contributed by atoms with Gasteiger partial charge in [-0.15, -0.1) is 0 Å². The van der Waals surface area contributed by atoms with Gasteiger partial charge in [0.2, 0.25) is 0 Å². The molecule has 0 aromatic carbocycles. The van der Waals surface area contributed by atoms with Crippen molar-refractivity contribution in [2.24, 2.45) is 0 Å². The zero-order chi connectivity index (χ0) is 9.19. The summed E-state index contributed by atoms with van der Waals surface area (Å²) in [6.45, 7) is 3.50. The van der Waals surface area contributed by atoms with Crippen molar-refractivity contribution in [2.75, 3.05) is 0 Å². The number of hydrogen-bond acceptors (Lipinski definition) is 2. The first-order valence-corrected chi connectivity index (χ1v) is 4.66. The van der Waals surface area contributed by atoms with Crippen molar-refractivity contribution in [1.82, 2.24) is 0 Å². The smallest absolute Gasteiger partial charge is 0.263 e. The highest BCUT2D eigenvalue weighted by Gasteiger charge is 2.43. The summed E-state index contributed by atoms with van der Waals surface area (Å²) in [6.07, 6.45) is 8.23. The molecule has 12 heavy (non-hydrogen) atoms. The van der Waals surface area contributed by atoms with Crippen LogP contribution in [0.3, 0.4) is 0 Å². The summed E-state index contributed by atoms with van der Waals surface area (Å²) in [5.74, 6) is 0. The lowest BCUT2D eigenvalue weighted by molar-refractivity contribution is -0.537. The van der Waals surface area contributed by atoms with E-state index in [9.17, 15) is 10.1 Å². The number of alkyl halides is 1. The zero-order valence-electron chi connectivity index (χ0n) is 6.31. The van der Waals surface area contributed by atoms with E-state index >= 15 is 0 Å². The molecule has 0 amide bonds. The summed E-state index contributed by atoms with van der Waals surface area (Å²) >= 11 is 2.04. The molecule has 1 aliphatic rings. The Bertz CT molecular complexity index is 272. The molecule has 1 rings (SSSR count). The van der Waals surface area contributed by atoms with E-state index in [2.05, 4.69) is 6.58 Å². The molecule has 4 heteroatoms. The predicted molar refractivity (Wildman–Crippen MR) is 56.0 cm³/mol. The van der Waals surface area contributed by atoms with E-state index in [0.717, 1.165) is 0 Å². The Kier molecular flexibility index (Phi) is 2.66. The highest BCUT2D eigenvalue weighted by molar-refractivity contribution is 14.1. The van der Waals surface area contributed by atoms with Crippen LogP contribution < -0.4 is 0 Å². The second-order valence-corrected chi connectivity index (χ2v) is 3.84. The first kappa shape index (κ1) is 9.44. The highest BCUT2D eigenvalue weighted by Crippen LogP contribution is 2.29. The number of hydrogen-bond donors (Lipinski definition) is 0. The highest BCUT2D eigenvalue weighted by atomic mass is 127. The Hall–Kier alpha value is -0.650. The molecule has 0 N–H and O–H groups in total. The topological polar surface area (TPSA) is 43.1 Å². The number of rotatable bonds is 2. The van der Waals surface area contributed by atoms with Crippen molar-refractivity contribution in [3.05, 3.63) is 47.1 Å². The first-order valence-electron chi connectivity index (χ1n) is 3.41. The Balaban J connectivity index is 3.08. The van der Waals surface area contributed by atoms with Crippen LogP contribution in [-0.2, 0) is 0 Å². The Morgan fingerprint density at radius 3 is 2.67 bits per heavy atom. The lowest BCUT2D eigenvalue weighted by Gasteiger charge is -2.23. The zero-order valence-corrected chi connectivity index (χ0v) is 8.47. The minimum Gasteiger partial charge on any atom is -0.263 e. The molecule has 64 valence electrons. The standard InChI is InChI=1S/C8H8INO2/c1-2-8(10(11)12)6-4-3-5-7(8)9/h2-7H,1H2. The molecule has 0 radical (unpaired) electrons. The number of nitrogens with zero attached hydrogens (tertiary/aromatic N) is 1. The van der Waals surface area contributed by atoms with Crippen LogP contribution in [0, 0.1) is 10.1 Å². The summed E-state index contributed by atoms with van der Waals surface area (Å²) in [5.41, 5.74) is -1.12. The third-order valence-corrected chi connectivity index (χ3v) is 3.25. The van der Waals surface area contributed by atoms with E-state index in [4.69, 9.17) is 0 Å². The SMILES string of the molecule is C=CC1([N+](=O)[O-])C=CC=CC1I. The molecule has 0 aromatic rings. The van der Waals surface area contributed by atoms with Gasteiger partial charge in [-0.3, -0.25) is 10.1 Å². The van der Waals surface area contributed by atoms with Gasteiger partial charge in [-0.25, -0.2) is 0 Å². The van der Waals surface area contributed by atoms with Gasteiger partial charge >= 0.3 is 0 Å². The van der Waals surface area contributed by atoms with Crippen molar-refractivity contribution >= 4 is 22.6 Å². The van der Waals surface area contributed by atoms with Crippen molar-refractivity contribution < 1.29 is 4.92 Å². The Morgan fingerprint density at radius 1 is 1.67 bits per heavy atom. The molecular weight excluding hydrogens is 269 g/mol. The quantitative estimate of drug-likeness (QED) is 0.255. The van der Waals surface area contributed by atoms with Crippen LogP contribution in [0.15, 0.2) is 37.0 Å². The summed E-state index contributed by atoms with van der Waals surface area (Å²) in [7, 11) is 0. The number of nitro groups is 1. The fraction of sp³-hybridized carbons (Fsp3) is 0.250. The summed E-state index contributed by atoms with van der Waals surface area (Å²) in [5, 5.41) is 10.8. The van der Waals surface area contributed by atoms with Crippen LogP contribution in [0.2, 0.25) is 0 Å². The van der Waals surface area contributed by atoms with Crippen LogP contribution in [0.1, 0.15) is 0 Å². The molecule has 0 spiro atoms. The van der Waals surface area contributed by atoms with E-state index < -0.39 is 5.54 Å². The maximum absolute atomic E-state index is 10.8. The van der Waals surface area contributed by atoms with Gasteiger partial charge in [0, 0.05) is 4.92 Å². The third-order valence-electron chi connectivity index (χ3n) is 1.84. The van der Waals surface area contributed by atoms with Crippen molar-refractivity contribution in [3.8, 4) is 0 Å². The average Bonchev–Trinajstić information content (AvgIpc) is 2.05. The molecule has 0 heterocycles. The summed E-state index contributed by atoms with van der Waals surface area (Å²) in [6, 6.07) is 0.